The summed E-state index contributed by atoms with van der Waals surface area (Å²) < 4.78 is 6.61. The van der Waals surface area contributed by atoms with E-state index in [1.165, 1.54) is 6.07 Å². The van der Waals surface area contributed by atoms with Gasteiger partial charge in [0.15, 0.2) is 0 Å². The monoisotopic (exact) mass is 337 g/mol. The van der Waals surface area contributed by atoms with E-state index in [2.05, 4.69) is 0 Å². The Bertz CT molecular complexity index is 696. The van der Waals surface area contributed by atoms with Gasteiger partial charge in [-0.1, -0.05) is 0 Å². The predicted molar refractivity (Wildman–Crippen MR) is 80.6 cm³/mol. The van der Waals surface area contributed by atoms with Crippen LogP contribution in [0.5, 0.6) is 0 Å². The Morgan fingerprint density at radius 1 is 1.42 bits per heavy atom. The quantitative estimate of drug-likeness (QED) is 0.372. The zero-order valence-corrected chi connectivity index (χ0v) is 12.9. The van der Waals surface area contributed by atoms with Crippen LogP contribution in [0.3, 0.4) is 0 Å². The zero-order chi connectivity index (χ0) is 13.8. The molecule has 2 N–H and O–H groups in total. The Morgan fingerprint density at radius 3 is 2.89 bits per heavy atom. The van der Waals surface area contributed by atoms with E-state index in [0.717, 1.165) is 15.8 Å². The maximum atomic E-state index is 12.0. The van der Waals surface area contributed by atoms with Crippen molar-refractivity contribution in [2.45, 2.75) is 11.6 Å². The first kappa shape index (κ1) is 14.0. The molecule has 2 rings (SSSR count). The van der Waals surface area contributed by atoms with Gasteiger partial charge in [-0.15, -0.1) is 0 Å². The molecular formula is C13H12AsNO3S. The van der Waals surface area contributed by atoms with Crippen molar-refractivity contribution in [2.75, 3.05) is 0 Å². The molecule has 1 atom stereocenters. The van der Waals surface area contributed by atoms with Gasteiger partial charge in [0, 0.05) is 0 Å². The minimum absolute atomic E-state index is 0.0718. The van der Waals surface area contributed by atoms with Crippen LogP contribution in [0.1, 0.15) is 12.2 Å². The van der Waals surface area contributed by atoms with Gasteiger partial charge in [0.1, 0.15) is 0 Å². The summed E-state index contributed by atoms with van der Waals surface area (Å²) in [6.07, 6.45) is 1.50. The Labute approximate surface area is 121 Å². The van der Waals surface area contributed by atoms with Gasteiger partial charge in [0.05, 0.1) is 0 Å². The van der Waals surface area contributed by atoms with Gasteiger partial charge in [-0.05, 0) is 0 Å². The van der Waals surface area contributed by atoms with Crippen LogP contribution < -0.4 is 15.5 Å². The van der Waals surface area contributed by atoms with Gasteiger partial charge in [0.2, 0.25) is 0 Å². The average Bonchev–Trinajstić information content (AvgIpc) is 2.39. The summed E-state index contributed by atoms with van der Waals surface area (Å²) in [6.45, 7) is 0. The van der Waals surface area contributed by atoms with E-state index < -0.39 is 0 Å². The Balaban J connectivity index is 2.41. The molecule has 0 radical (unpaired) electrons. The van der Waals surface area contributed by atoms with Crippen molar-refractivity contribution in [2.24, 2.45) is 5.73 Å². The van der Waals surface area contributed by atoms with Crippen LogP contribution in [-0.2, 0) is 4.79 Å². The van der Waals surface area contributed by atoms with E-state index in [0.29, 0.717) is 17.4 Å². The molecule has 0 aliphatic heterocycles. The number of thiocarbonyl (C=S) groups is 1. The van der Waals surface area contributed by atoms with Crippen molar-refractivity contribution in [1.29, 1.82) is 0 Å². The number of carbonyl (C=O) groups is 1. The fraction of sp³-hybridized carbons (Fsp3) is 0.154. The molecule has 0 saturated heterocycles. The first-order valence-electron chi connectivity index (χ1n) is 5.67. The van der Waals surface area contributed by atoms with Crippen LogP contribution in [0.2, 0.25) is 5.21 Å². The molecule has 98 valence electrons. The average molecular weight is 337 g/mol. The van der Waals surface area contributed by atoms with E-state index >= 15 is 0 Å². The van der Waals surface area contributed by atoms with Gasteiger partial charge in [0.25, 0.3) is 0 Å². The summed E-state index contributed by atoms with van der Waals surface area (Å²) in [7, 11) is 0. The summed E-state index contributed by atoms with van der Waals surface area (Å²) >= 11 is 4.41. The molecule has 1 heterocycles. The maximum absolute atomic E-state index is 12.0. The number of carbonyl (C=O) groups excluding carboxylic acids is 1. The molecule has 2 aromatic rings. The molecule has 1 aromatic heterocycles. The molecule has 0 fully saturated rings. The van der Waals surface area contributed by atoms with Gasteiger partial charge in [-0.2, -0.15) is 0 Å². The molecule has 4 nitrogen and oxygen atoms in total. The summed E-state index contributed by atoms with van der Waals surface area (Å²) in [4.78, 5) is 22.3. The SMILES string of the molecule is NC(=S)c1cc(=O)c2cc([AsH]CCC=O)ccc2o1. The second-order valence-corrected chi connectivity index (χ2v) is 7.37. The minimum atomic E-state index is -0.387. The van der Waals surface area contributed by atoms with Crippen molar-refractivity contribution < 1.29 is 9.21 Å². The Morgan fingerprint density at radius 2 is 2.21 bits per heavy atom. The topological polar surface area (TPSA) is 73.3 Å². The fourth-order valence-corrected chi connectivity index (χ4v) is 3.86. The molecule has 0 aliphatic rings. The molecule has 1 unspecified atom stereocenters. The van der Waals surface area contributed by atoms with Crippen LogP contribution in [0.15, 0.2) is 33.5 Å². The number of nitrogens with two attached hydrogens (primary N) is 1. The summed E-state index contributed by atoms with van der Waals surface area (Å²) in [5.74, 6) is 0.234. The van der Waals surface area contributed by atoms with E-state index in [4.69, 9.17) is 22.4 Å². The van der Waals surface area contributed by atoms with Crippen LogP contribution >= 0.6 is 12.2 Å². The summed E-state index contributed by atoms with van der Waals surface area (Å²) in [6, 6.07) is 6.85. The molecule has 19 heavy (non-hydrogen) atoms. The molecule has 0 amide bonds. The van der Waals surface area contributed by atoms with Gasteiger partial charge in [-0.3, -0.25) is 0 Å². The zero-order valence-electron chi connectivity index (χ0n) is 10.0. The second-order valence-electron chi connectivity index (χ2n) is 3.93. The molecule has 0 spiro atoms. The molecule has 0 bridgehead atoms. The van der Waals surface area contributed by atoms with Crippen LogP contribution in [-0.4, -0.2) is 27.0 Å². The van der Waals surface area contributed by atoms with Crippen molar-refractivity contribution in [3.8, 4) is 0 Å². The van der Waals surface area contributed by atoms with Gasteiger partial charge >= 0.3 is 121 Å². The van der Waals surface area contributed by atoms with E-state index in [-0.39, 0.29) is 31.9 Å². The van der Waals surface area contributed by atoms with Gasteiger partial charge in [-0.25, -0.2) is 0 Å². The number of benzene rings is 1. The van der Waals surface area contributed by atoms with Crippen molar-refractivity contribution in [3.05, 3.63) is 40.2 Å². The first-order chi connectivity index (χ1) is 9.11. The normalized spacial score (nSPS) is 11.2. The number of aldehydes is 1. The molecular weight excluding hydrogens is 325 g/mol. The molecule has 0 saturated carbocycles. The van der Waals surface area contributed by atoms with Crippen LogP contribution in [0.25, 0.3) is 11.0 Å². The molecule has 1 aromatic carbocycles. The van der Waals surface area contributed by atoms with Crippen LogP contribution in [0, 0.1) is 0 Å². The molecule has 6 heteroatoms. The third kappa shape index (κ3) is 3.31. The third-order valence-corrected chi connectivity index (χ3v) is 5.40. The standard InChI is InChI=1S/C13H12AsNO3S/c15-13(19)12-7-10(17)9-6-8(14-4-1-5-16)2-3-11(9)18-12/h2-3,5-7,14H,1,4H2,(H2,15,19). The third-order valence-electron chi connectivity index (χ3n) is 2.56. The first-order valence-corrected chi connectivity index (χ1v) is 8.61. The van der Waals surface area contributed by atoms with E-state index in [1.54, 1.807) is 6.07 Å². The van der Waals surface area contributed by atoms with E-state index in [1.807, 2.05) is 12.1 Å². The van der Waals surface area contributed by atoms with Crippen molar-refractivity contribution in [1.82, 2.24) is 0 Å². The van der Waals surface area contributed by atoms with Crippen molar-refractivity contribution in [3.63, 3.8) is 0 Å². The summed E-state index contributed by atoms with van der Waals surface area (Å²) in [5, 5.41) is 1.43. The Hall–Kier alpha value is -1.45. The predicted octanol–water partition coefficient (Wildman–Crippen LogP) is 0.496. The number of rotatable bonds is 5. The number of fused-ring (bicyclic) bond motifs is 1. The van der Waals surface area contributed by atoms with E-state index in [9.17, 15) is 9.59 Å². The second kappa shape index (κ2) is 6.13. The fourth-order valence-electron chi connectivity index (χ4n) is 1.66. The number of hydrogen-bond acceptors (Lipinski definition) is 4. The summed E-state index contributed by atoms with van der Waals surface area (Å²) in [5.41, 5.74) is 5.80. The molecule has 0 aliphatic carbocycles. The van der Waals surface area contributed by atoms with Crippen molar-refractivity contribution >= 4 is 54.6 Å². The van der Waals surface area contributed by atoms with Crippen LogP contribution in [0.4, 0.5) is 0 Å². The van der Waals surface area contributed by atoms with Gasteiger partial charge < -0.3 is 0 Å². The Kier molecular flexibility index (Phi) is 4.51. The number of hydrogen-bond donors (Lipinski definition) is 1.